The maximum absolute atomic E-state index is 13.9. The molecule has 0 aliphatic heterocycles. The lowest BCUT2D eigenvalue weighted by Crippen LogP contribution is -2.44. The third-order valence-corrected chi connectivity index (χ3v) is 4.61. The molecule has 0 aliphatic rings. The summed E-state index contributed by atoms with van der Waals surface area (Å²) in [5, 5.41) is 5.31. The van der Waals surface area contributed by atoms with Crippen molar-refractivity contribution in [3.8, 4) is 5.75 Å². The molecule has 0 aliphatic carbocycles. The molecule has 0 heterocycles. The Morgan fingerprint density at radius 2 is 1.96 bits per heavy atom. The number of hydrogen-bond donors (Lipinski definition) is 2. The molecular formula is C20H23FN2O3S. The molecule has 0 aromatic heterocycles. The highest BCUT2D eigenvalue weighted by molar-refractivity contribution is 7.98. The van der Waals surface area contributed by atoms with Crippen molar-refractivity contribution in [3.63, 3.8) is 0 Å². The van der Waals surface area contributed by atoms with Gasteiger partial charge in [0.2, 0.25) is 5.91 Å². The van der Waals surface area contributed by atoms with Crippen LogP contribution in [0.5, 0.6) is 5.75 Å². The molecular weight excluding hydrogens is 367 g/mol. The summed E-state index contributed by atoms with van der Waals surface area (Å²) in [4.78, 5) is 25.3. The Bertz CT molecular complexity index is 814. The van der Waals surface area contributed by atoms with Crippen molar-refractivity contribution in [2.75, 3.05) is 24.4 Å². The number of methoxy groups -OCH3 is 1. The Labute approximate surface area is 162 Å². The minimum Gasteiger partial charge on any atom is -0.496 e. The van der Waals surface area contributed by atoms with E-state index in [1.807, 2.05) is 13.2 Å². The number of ether oxygens (including phenoxy) is 1. The van der Waals surface area contributed by atoms with Crippen LogP contribution in [-0.4, -0.2) is 37.0 Å². The van der Waals surface area contributed by atoms with Gasteiger partial charge in [-0.05, 0) is 55.2 Å². The maximum Gasteiger partial charge on any atom is 0.255 e. The van der Waals surface area contributed by atoms with Crippen LogP contribution in [0.15, 0.2) is 42.5 Å². The first-order chi connectivity index (χ1) is 13.0. The summed E-state index contributed by atoms with van der Waals surface area (Å²) in [5.41, 5.74) is 1.26. The lowest BCUT2D eigenvalue weighted by Gasteiger charge is -2.19. The van der Waals surface area contributed by atoms with Crippen molar-refractivity contribution < 1.29 is 18.7 Å². The average molecular weight is 390 g/mol. The van der Waals surface area contributed by atoms with E-state index in [1.165, 1.54) is 13.2 Å². The SMILES string of the molecule is COc1ccccc1C(=O)NC(CCSC)C(=O)Nc1cc(C)ccc1F. The summed E-state index contributed by atoms with van der Waals surface area (Å²) in [5.74, 6) is -0.312. The van der Waals surface area contributed by atoms with Crippen molar-refractivity contribution in [2.45, 2.75) is 19.4 Å². The number of benzene rings is 2. The van der Waals surface area contributed by atoms with E-state index >= 15 is 0 Å². The van der Waals surface area contributed by atoms with Crippen molar-refractivity contribution in [3.05, 3.63) is 59.4 Å². The van der Waals surface area contributed by atoms with E-state index < -0.39 is 23.7 Å². The van der Waals surface area contributed by atoms with Crippen LogP contribution in [0.4, 0.5) is 10.1 Å². The van der Waals surface area contributed by atoms with Crippen LogP contribution in [0.25, 0.3) is 0 Å². The molecule has 0 spiro atoms. The number of aryl methyl sites for hydroxylation is 1. The highest BCUT2D eigenvalue weighted by atomic mass is 32.2. The normalized spacial score (nSPS) is 11.6. The molecule has 2 amide bonds. The van der Waals surface area contributed by atoms with E-state index in [-0.39, 0.29) is 5.69 Å². The maximum atomic E-state index is 13.9. The zero-order chi connectivity index (χ0) is 19.8. The zero-order valence-corrected chi connectivity index (χ0v) is 16.4. The number of thioether (sulfide) groups is 1. The highest BCUT2D eigenvalue weighted by Gasteiger charge is 2.23. The van der Waals surface area contributed by atoms with Gasteiger partial charge in [-0.25, -0.2) is 4.39 Å². The molecule has 0 bridgehead atoms. The number of rotatable bonds is 8. The van der Waals surface area contributed by atoms with Crippen LogP contribution in [0.2, 0.25) is 0 Å². The summed E-state index contributed by atoms with van der Waals surface area (Å²) >= 11 is 1.56. The summed E-state index contributed by atoms with van der Waals surface area (Å²) in [6.45, 7) is 1.81. The van der Waals surface area contributed by atoms with Gasteiger partial charge in [-0.1, -0.05) is 18.2 Å². The molecule has 1 unspecified atom stereocenters. The molecule has 2 N–H and O–H groups in total. The van der Waals surface area contributed by atoms with Crippen molar-refractivity contribution in [1.82, 2.24) is 5.32 Å². The second kappa shape index (κ2) is 9.97. The first-order valence-electron chi connectivity index (χ1n) is 8.46. The molecule has 1 atom stereocenters. The summed E-state index contributed by atoms with van der Waals surface area (Å²) < 4.78 is 19.1. The summed E-state index contributed by atoms with van der Waals surface area (Å²) in [7, 11) is 1.48. The lowest BCUT2D eigenvalue weighted by atomic mass is 10.1. The Morgan fingerprint density at radius 3 is 2.67 bits per heavy atom. The predicted molar refractivity (Wildman–Crippen MR) is 107 cm³/mol. The molecule has 27 heavy (non-hydrogen) atoms. The van der Waals surface area contributed by atoms with Gasteiger partial charge in [0.05, 0.1) is 18.4 Å². The fraction of sp³-hybridized carbons (Fsp3) is 0.300. The topological polar surface area (TPSA) is 67.4 Å². The van der Waals surface area contributed by atoms with Gasteiger partial charge in [-0.3, -0.25) is 9.59 Å². The molecule has 7 heteroatoms. The van der Waals surface area contributed by atoms with Crippen LogP contribution < -0.4 is 15.4 Å². The second-order valence-corrected chi connectivity index (χ2v) is 6.97. The largest absolute Gasteiger partial charge is 0.496 e. The first-order valence-corrected chi connectivity index (χ1v) is 9.85. The average Bonchev–Trinajstić information content (AvgIpc) is 2.67. The number of nitrogens with one attached hydrogen (secondary N) is 2. The number of carbonyl (C=O) groups is 2. The predicted octanol–water partition coefficient (Wildman–Crippen LogP) is 3.63. The van der Waals surface area contributed by atoms with E-state index in [1.54, 1.807) is 48.2 Å². The third kappa shape index (κ3) is 5.72. The molecule has 0 saturated carbocycles. The van der Waals surface area contributed by atoms with Crippen LogP contribution in [0.3, 0.4) is 0 Å². The van der Waals surface area contributed by atoms with E-state index in [0.29, 0.717) is 23.5 Å². The van der Waals surface area contributed by atoms with E-state index in [9.17, 15) is 14.0 Å². The molecule has 2 aromatic rings. The van der Waals surface area contributed by atoms with E-state index in [2.05, 4.69) is 10.6 Å². The van der Waals surface area contributed by atoms with Crippen LogP contribution in [0.1, 0.15) is 22.3 Å². The van der Waals surface area contributed by atoms with Crippen molar-refractivity contribution in [2.24, 2.45) is 0 Å². The fourth-order valence-corrected chi connectivity index (χ4v) is 3.00. The fourth-order valence-electron chi connectivity index (χ4n) is 2.53. The van der Waals surface area contributed by atoms with Gasteiger partial charge in [0, 0.05) is 0 Å². The third-order valence-electron chi connectivity index (χ3n) is 3.96. The monoisotopic (exact) mass is 390 g/mol. The number of hydrogen-bond acceptors (Lipinski definition) is 4. The van der Waals surface area contributed by atoms with Crippen LogP contribution in [-0.2, 0) is 4.79 Å². The number of halogens is 1. The Balaban J connectivity index is 2.17. The minimum absolute atomic E-state index is 0.0979. The van der Waals surface area contributed by atoms with Crippen LogP contribution in [0, 0.1) is 12.7 Å². The minimum atomic E-state index is -0.797. The molecule has 5 nitrogen and oxygen atoms in total. The molecule has 2 aromatic carbocycles. The van der Waals surface area contributed by atoms with Crippen molar-refractivity contribution >= 4 is 29.3 Å². The van der Waals surface area contributed by atoms with Gasteiger partial charge < -0.3 is 15.4 Å². The number of anilines is 1. The quantitative estimate of drug-likeness (QED) is 0.722. The Kier molecular flexibility index (Phi) is 7.67. The summed E-state index contributed by atoms with van der Waals surface area (Å²) in [6.07, 6.45) is 2.33. The van der Waals surface area contributed by atoms with Gasteiger partial charge in [-0.2, -0.15) is 11.8 Å². The van der Waals surface area contributed by atoms with E-state index in [4.69, 9.17) is 4.74 Å². The molecule has 0 radical (unpaired) electrons. The highest BCUT2D eigenvalue weighted by Crippen LogP contribution is 2.19. The van der Waals surface area contributed by atoms with Gasteiger partial charge in [0.1, 0.15) is 17.6 Å². The lowest BCUT2D eigenvalue weighted by molar-refractivity contribution is -0.118. The Morgan fingerprint density at radius 1 is 1.22 bits per heavy atom. The zero-order valence-electron chi connectivity index (χ0n) is 15.5. The van der Waals surface area contributed by atoms with E-state index in [0.717, 1.165) is 5.56 Å². The summed E-state index contributed by atoms with van der Waals surface area (Å²) in [6, 6.07) is 10.5. The molecule has 0 saturated heterocycles. The standard InChI is InChI=1S/C20H23FN2O3S/c1-13-8-9-15(21)17(12-13)23-20(25)16(10-11-27-3)22-19(24)14-6-4-5-7-18(14)26-2/h4-9,12,16H,10-11H2,1-3H3,(H,22,24)(H,23,25). The molecule has 2 rings (SSSR count). The number of para-hydroxylation sites is 1. The second-order valence-electron chi connectivity index (χ2n) is 5.98. The first kappa shape index (κ1) is 20.8. The smallest absolute Gasteiger partial charge is 0.255 e. The number of carbonyl (C=O) groups excluding carboxylic acids is 2. The van der Waals surface area contributed by atoms with Gasteiger partial charge in [-0.15, -0.1) is 0 Å². The Hall–Kier alpha value is -2.54. The number of amides is 2. The van der Waals surface area contributed by atoms with Gasteiger partial charge in [0.25, 0.3) is 5.91 Å². The molecule has 144 valence electrons. The van der Waals surface area contributed by atoms with Crippen molar-refractivity contribution in [1.29, 1.82) is 0 Å². The van der Waals surface area contributed by atoms with Crippen LogP contribution >= 0.6 is 11.8 Å². The molecule has 0 fully saturated rings. The van der Waals surface area contributed by atoms with Gasteiger partial charge >= 0.3 is 0 Å². The van der Waals surface area contributed by atoms with Gasteiger partial charge in [0.15, 0.2) is 0 Å².